The highest BCUT2D eigenvalue weighted by molar-refractivity contribution is 5.93. The molecule has 3 heterocycles. The zero-order chi connectivity index (χ0) is 18.1. The van der Waals surface area contributed by atoms with Gasteiger partial charge >= 0.3 is 0 Å². The third kappa shape index (κ3) is 3.42. The van der Waals surface area contributed by atoms with E-state index in [-0.39, 0.29) is 12.4 Å². The van der Waals surface area contributed by atoms with Crippen molar-refractivity contribution in [2.45, 2.75) is 39.2 Å². The van der Waals surface area contributed by atoms with Gasteiger partial charge in [0.15, 0.2) is 5.82 Å². The number of pyridine rings is 1. The molecule has 0 bridgehead atoms. The molecular formula is C23H26ClN3. The Kier molecular flexibility index (Phi) is 5.77. The highest BCUT2D eigenvalue weighted by Crippen LogP contribution is 2.35. The third-order valence-corrected chi connectivity index (χ3v) is 5.84. The van der Waals surface area contributed by atoms with E-state index in [4.69, 9.17) is 11.4 Å². The molecule has 140 valence electrons. The van der Waals surface area contributed by atoms with Crippen LogP contribution in [0.15, 0.2) is 42.6 Å². The van der Waals surface area contributed by atoms with Crippen molar-refractivity contribution in [2.24, 2.45) is 0 Å². The van der Waals surface area contributed by atoms with Crippen LogP contribution in [0, 0.1) is 26.2 Å². The summed E-state index contributed by atoms with van der Waals surface area (Å²) in [5.74, 6) is 4.54. The van der Waals surface area contributed by atoms with E-state index in [9.17, 15) is 0 Å². The fraction of sp³-hybridized carbons (Fsp3) is 0.348. The van der Waals surface area contributed by atoms with Crippen LogP contribution in [0.3, 0.4) is 0 Å². The van der Waals surface area contributed by atoms with Crippen LogP contribution in [0.25, 0.3) is 10.9 Å². The molecule has 1 saturated heterocycles. The Morgan fingerprint density at radius 2 is 1.81 bits per heavy atom. The monoisotopic (exact) mass is 379 g/mol. The second-order valence-corrected chi connectivity index (χ2v) is 7.20. The van der Waals surface area contributed by atoms with Crippen molar-refractivity contribution in [2.75, 3.05) is 18.0 Å². The molecule has 0 amide bonds. The number of hydrogen-bond acceptors (Lipinski definition) is 2. The summed E-state index contributed by atoms with van der Waals surface area (Å²) < 4.78 is 2.25. The van der Waals surface area contributed by atoms with E-state index in [2.05, 4.69) is 65.6 Å². The van der Waals surface area contributed by atoms with E-state index < -0.39 is 0 Å². The summed E-state index contributed by atoms with van der Waals surface area (Å²) in [6, 6.07) is 13.0. The van der Waals surface area contributed by atoms with Crippen molar-refractivity contribution < 1.29 is 0 Å². The predicted molar refractivity (Wildman–Crippen MR) is 116 cm³/mol. The number of aryl methyl sites for hydroxylation is 1. The number of aromatic nitrogens is 2. The molecule has 1 aliphatic heterocycles. The number of fused-ring (bicyclic) bond motifs is 1. The second-order valence-electron chi connectivity index (χ2n) is 7.20. The lowest BCUT2D eigenvalue weighted by molar-refractivity contribution is 0.503. The maximum absolute atomic E-state index is 5.64. The van der Waals surface area contributed by atoms with Crippen LogP contribution in [-0.2, 0) is 6.54 Å². The molecule has 0 spiro atoms. The highest BCUT2D eigenvalue weighted by atomic mass is 35.5. The summed E-state index contributed by atoms with van der Waals surface area (Å²) in [6.07, 6.45) is 9.90. The maximum atomic E-state index is 5.64. The lowest BCUT2D eigenvalue weighted by atomic mass is 9.89. The number of benzene rings is 1. The normalized spacial score (nSPS) is 14.8. The van der Waals surface area contributed by atoms with Gasteiger partial charge in [0, 0.05) is 30.4 Å². The van der Waals surface area contributed by atoms with E-state index in [0.29, 0.717) is 12.5 Å². The summed E-state index contributed by atoms with van der Waals surface area (Å²) in [6.45, 7) is 6.99. The van der Waals surface area contributed by atoms with Gasteiger partial charge in [0.25, 0.3) is 0 Å². The van der Waals surface area contributed by atoms with Gasteiger partial charge in [-0.2, -0.15) is 0 Å². The fourth-order valence-corrected chi connectivity index (χ4v) is 4.25. The minimum Gasteiger partial charge on any atom is -0.355 e. The molecule has 27 heavy (non-hydrogen) atoms. The zero-order valence-corrected chi connectivity index (χ0v) is 16.8. The van der Waals surface area contributed by atoms with Crippen molar-refractivity contribution >= 4 is 29.1 Å². The van der Waals surface area contributed by atoms with E-state index >= 15 is 0 Å². The predicted octanol–water partition coefficient (Wildman–Crippen LogP) is 5.09. The van der Waals surface area contributed by atoms with Crippen molar-refractivity contribution in [3.8, 4) is 12.3 Å². The van der Waals surface area contributed by atoms with Gasteiger partial charge in [-0.3, -0.25) is 0 Å². The van der Waals surface area contributed by atoms with Crippen molar-refractivity contribution in [3.05, 3.63) is 59.4 Å². The summed E-state index contributed by atoms with van der Waals surface area (Å²) in [5.41, 5.74) is 5.20. The van der Waals surface area contributed by atoms with Gasteiger partial charge in [-0.05, 0) is 49.8 Å². The minimum atomic E-state index is 0. The van der Waals surface area contributed by atoms with Crippen LogP contribution in [0.1, 0.15) is 35.6 Å². The van der Waals surface area contributed by atoms with Crippen LogP contribution in [-0.4, -0.2) is 22.6 Å². The van der Waals surface area contributed by atoms with Crippen LogP contribution in [0.2, 0.25) is 0 Å². The smallest absolute Gasteiger partial charge is 0.153 e. The molecule has 1 fully saturated rings. The number of piperidine rings is 1. The minimum absolute atomic E-state index is 0. The van der Waals surface area contributed by atoms with Crippen LogP contribution >= 0.6 is 12.4 Å². The number of anilines is 1. The van der Waals surface area contributed by atoms with Gasteiger partial charge in [0.2, 0.25) is 0 Å². The average molecular weight is 380 g/mol. The first-order chi connectivity index (χ1) is 12.7. The molecular weight excluding hydrogens is 354 g/mol. The van der Waals surface area contributed by atoms with Crippen LogP contribution < -0.4 is 4.90 Å². The first-order valence-corrected chi connectivity index (χ1v) is 9.38. The van der Waals surface area contributed by atoms with E-state index in [1.165, 1.54) is 27.7 Å². The lowest BCUT2D eigenvalue weighted by Gasteiger charge is -2.33. The Morgan fingerprint density at radius 3 is 2.48 bits per heavy atom. The highest BCUT2D eigenvalue weighted by Gasteiger charge is 2.24. The molecule has 1 aromatic carbocycles. The van der Waals surface area contributed by atoms with Gasteiger partial charge in [-0.1, -0.05) is 36.3 Å². The Hall–Kier alpha value is -2.44. The van der Waals surface area contributed by atoms with Crippen LogP contribution in [0.5, 0.6) is 0 Å². The topological polar surface area (TPSA) is 21.1 Å². The average Bonchev–Trinajstić information content (AvgIpc) is 2.94. The number of terminal acetylenes is 1. The largest absolute Gasteiger partial charge is 0.355 e. The first kappa shape index (κ1) is 19.3. The van der Waals surface area contributed by atoms with E-state index in [1.807, 2.05) is 6.20 Å². The molecule has 0 aliphatic carbocycles. The first-order valence-electron chi connectivity index (χ1n) is 9.38. The molecule has 2 aromatic heterocycles. The van der Waals surface area contributed by atoms with Gasteiger partial charge < -0.3 is 9.47 Å². The molecule has 1 aliphatic rings. The molecule has 0 N–H and O–H groups in total. The Bertz CT molecular complexity index is 961. The molecule has 0 unspecified atom stereocenters. The van der Waals surface area contributed by atoms with Crippen molar-refractivity contribution in [1.29, 1.82) is 0 Å². The Morgan fingerprint density at radius 1 is 1.11 bits per heavy atom. The summed E-state index contributed by atoms with van der Waals surface area (Å²) in [4.78, 5) is 7.20. The maximum Gasteiger partial charge on any atom is 0.153 e. The van der Waals surface area contributed by atoms with Gasteiger partial charge in [-0.15, -0.1) is 18.8 Å². The summed E-state index contributed by atoms with van der Waals surface area (Å²) in [5, 5.41) is 1.27. The Balaban J connectivity index is 0.00000210. The van der Waals surface area contributed by atoms with Gasteiger partial charge in [-0.25, -0.2) is 4.98 Å². The standard InChI is InChI=1S/C23H25N3.ClH/c1-4-14-26-18(3)17(2)21-10-13-24-23(22(21)26)25-15-11-20(12-16-25)19-8-6-5-7-9-19;/h1,5-10,13,20H,11-12,14-16H2,2-3H3;1H. The SMILES string of the molecule is C#CCn1c(C)c(C)c2ccnc(N3CCC(c4ccccc4)CC3)c21.Cl. The Labute approximate surface area is 167 Å². The lowest BCUT2D eigenvalue weighted by Crippen LogP contribution is -2.33. The van der Waals surface area contributed by atoms with Crippen molar-refractivity contribution in [3.63, 3.8) is 0 Å². The molecule has 3 aromatic rings. The molecule has 0 atom stereocenters. The van der Waals surface area contributed by atoms with E-state index in [0.717, 1.165) is 31.7 Å². The van der Waals surface area contributed by atoms with Gasteiger partial charge in [0.05, 0.1) is 12.1 Å². The molecule has 4 heteroatoms. The van der Waals surface area contributed by atoms with Gasteiger partial charge in [0.1, 0.15) is 0 Å². The van der Waals surface area contributed by atoms with Crippen molar-refractivity contribution in [1.82, 2.24) is 9.55 Å². The molecule has 0 radical (unpaired) electrons. The third-order valence-electron chi connectivity index (χ3n) is 5.84. The second kappa shape index (κ2) is 8.06. The number of nitrogens with zero attached hydrogens (tertiary/aromatic N) is 3. The quantitative estimate of drug-likeness (QED) is 0.591. The zero-order valence-electron chi connectivity index (χ0n) is 16.0. The number of hydrogen-bond donors (Lipinski definition) is 0. The number of rotatable bonds is 3. The summed E-state index contributed by atoms with van der Waals surface area (Å²) in [7, 11) is 0. The number of halogens is 1. The summed E-state index contributed by atoms with van der Waals surface area (Å²) >= 11 is 0. The van der Waals surface area contributed by atoms with E-state index in [1.54, 1.807) is 0 Å². The molecule has 4 rings (SSSR count). The molecule has 0 saturated carbocycles. The fourth-order valence-electron chi connectivity index (χ4n) is 4.25. The molecule has 3 nitrogen and oxygen atoms in total. The van der Waals surface area contributed by atoms with Crippen LogP contribution in [0.4, 0.5) is 5.82 Å².